The van der Waals surface area contributed by atoms with Gasteiger partial charge in [-0.05, 0) is 19.3 Å². The molecule has 0 saturated heterocycles. The van der Waals surface area contributed by atoms with Crippen molar-refractivity contribution < 1.29 is 9.90 Å². The summed E-state index contributed by atoms with van der Waals surface area (Å²) < 4.78 is 0. The van der Waals surface area contributed by atoms with Crippen LogP contribution in [0, 0.1) is 0 Å². The monoisotopic (exact) mass is 244 g/mol. The average Bonchev–Trinajstić information content (AvgIpc) is 2.23. The van der Waals surface area contributed by atoms with Crippen molar-refractivity contribution in [1.29, 1.82) is 0 Å². The van der Waals surface area contributed by atoms with Crippen LogP contribution in [0.15, 0.2) is 0 Å². The van der Waals surface area contributed by atoms with Crippen molar-refractivity contribution in [3.63, 3.8) is 0 Å². The molecule has 0 unspecified atom stereocenters. The number of aliphatic carboxylic acids is 1. The van der Waals surface area contributed by atoms with Gasteiger partial charge in [-0.15, -0.1) is 0 Å². The van der Waals surface area contributed by atoms with E-state index in [1.807, 2.05) is 0 Å². The molecule has 0 atom stereocenters. The minimum absolute atomic E-state index is 0.249. The molecule has 0 bridgehead atoms. The van der Waals surface area contributed by atoms with Gasteiger partial charge in [0, 0.05) is 6.42 Å². The van der Waals surface area contributed by atoms with Gasteiger partial charge in [0.05, 0.1) is 5.66 Å². The molecule has 0 saturated carbocycles. The molecule has 0 spiro atoms. The molecule has 0 radical (unpaired) electrons. The van der Waals surface area contributed by atoms with Gasteiger partial charge in [0.1, 0.15) is 0 Å². The van der Waals surface area contributed by atoms with Gasteiger partial charge in [-0.1, -0.05) is 45.4 Å². The maximum atomic E-state index is 10.3. The third-order valence-electron chi connectivity index (χ3n) is 3.03. The largest absolute Gasteiger partial charge is 0.481 e. The van der Waals surface area contributed by atoms with Crippen LogP contribution in [0.25, 0.3) is 0 Å². The minimum atomic E-state index is -0.726. The van der Waals surface area contributed by atoms with Crippen LogP contribution < -0.4 is 11.5 Å². The predicted octanol–water partition coefficient (Wildman–Crippen LogP) is 2.61. The van der Waals surface area contributed by atoms with Crippen molar-refractivity contribution in [3.05, 3.63) is 0 Å². The topological polar surface area (TPSA) is 89.3 Å². The second-order valence-corrected chi connectivity index (χ2v) is 5.00. The van der Waals surface area contributed by atoms with Gasteiger partial charge in [-0.25, -0.2) is 0 Å². The van der Waals surface area contributed by atoms with Crippen LogP contribution in [0.5, 0.6) is 0 Å². The van der Waals surface area contributed by atoms with Crippen LogP contribution >= 0.6 is 0 Å². The fourth-order valence-electron chi connectivity index (χ4n) is 1.91. The van der Waals surface area contributed by atoms with E-state index in [2.05, 4.69) is 6.92 Å². The summed E-state index contributed by atoms with van der Waals surface area (Å²) in [4.78, 5) is 10.3. The Labute approximate surface area is 105 Å². The van der Waals surface area contributed by atoms with Crippen molar-refractivity contribution in [2.75, 3.05) is 0 Å². The SMILES string of the molecule is CCCCCCC(N)(N)CCCCCC(=O)O. The Balaban J connectivity index is 3.46. The Morgan fingerprint density at radius 2 is 1.53 bits per heavy atom. The summed E-state index contributed by atoms with van der Waals surface area (Å²) in [6.45, 7) is 2.18. The van der Waals surface area contributed by atoms with Crippen LogP contribution in [0.4, 0.5) is 0 Å². The molecule has 0 aliphatic heterocycles. The Hall–Kier alpha value is -0.610. The molecule has 17 heavy (non-hydrogen) atoms. The van der Waals surface area contributed by atoms with Crippen molar-refractivity contribution in [2.45, 2.75) is 76.8 Å². The van der Waals surface area contributed by atoms with E-state index in [-0.39, 0.29) is 6.42 Å². The van der Waals surface area contributed by atoms with Gasteiger partial charge in [0.2, 0.25) is 0 Å². The standard InChI is InChI=1S/C13H28N2O2/c1-2-3-4-7-10-13(14,15)11-8-5-6-9-12(16)17/h2-11,14-15H2,1H3,(H,16,17). The van der Waals surface area contributed by atoms with E-state index in [4.69, 9.17) is 16.6 Å². The van der Waals surface area contributed by atoms with E-state index < -0.39 is 11.6 Å². The summed E-state index contributed by atoms with van der Waals surface area (Å²) in [5, 5.41) is 8.49. The molecule has 102 valence electrons. The predicted molar refractivity (Wildman–Crippen MR) is 70.6 cm³/mol. The summed E-state index contributed by atoms with van der Waals surface area (Å²) in [6, 6.07) is 0. The van der Waals surface area contributed by atoms with Crippen molar-refractivity contribution in [1.82, 2.24) is 0 Å². The lowest BCUT2D eigenvalue weighted by atomic mass is 9.96. The maximum Gasteiger partial charge on any atom is 0.303 e. The van der Waals surface area contributed by atoms with Crippen LogP contribution in [-0.4, -0.2) is 16.7 Å². The fourth-order valence-corrected chi connectivity index (χ4v) is 1.91. The molecule has 0 aromatic carbocycles. The first-order chi connectivity index (χ1) is 7.98. The molecular weight excluding hydrogens is 216 g/mol. The maximum absolute atomic E-state index is 10.3. The fraction of sp³-hybridized carbons (Fsp3) is 0.923. The minimum Gasteiger partial charge on any atom is -0.481 e. The van der Waals surface area contributed by atoms with Crippen LogP contribution in [-0.2, 0) is 4.79 Å². The van der Waals surface area contributed by atoms with E-state index in [1.165, 1.54) is 19.3 Å². The van der Waals surface area contributed by atoms with E-state index in [1.54, 1.807) is 0 Å². The lowest BCUT2D eigenvalue weighted by Gasteiger charge is -2.24. The van der Waals surface area contributed by atoms with Crippen molar-refractivity contribution in [3.8, 4) is 0 Å². The second kappa shape index (κ2) is 9.42. The highest BCUT2D eigenvalue weighted by molar-refractivity contribution is 5.66. The smallest absolute Gasteiger partial charge is 0.303 e. The molecule has 4 nitrogen and oxygen atoms in total. The summed E-state index contributed by atoms with van der Waals surface area (Å²) in [5.74, 6) is -0.726. The molecule has 5 N–H and O–H groups in total. The summed E-state index contributed by atoms with van der Waals surface area (Å²) in [6.07, 6.45) is 9.21. The highest BCUT2D eigenvalue weighted by Gasteiger charge is 2.17. The van der Waals surface area contributed by atoms with Gasteiger partial charge in [0.15, 0.2) is 0 Å². The van der Waals surface area contributed by atoms with E-state index in [0.29, 0.717) is 0 Å². The van der Waals surface area contributed by atoms with Crippen LogP contribution in [0.1, 0.15) is 71.1 Å². The van der Waals surface area contributed by atoms with Gasteiger partial charge in [-0.3, -0.25) is 4.79 Å². The van der Waals surface area contributed by atoms with E-state index >= 15 is 0 Å². The number of hydrogen-bond donors (Lipinski definition) is 3. The number of rotatable bonds is 11. The Kier molecular flexibility index (Phi) is 9.09. The Morgan fingerprint density at radius 3 is 2.00 bits per heavy atom. The number of carbonyl (C=O) groups is 1. The normalized spacial score (nSPS) is 11.7. The van der Waals surface area contributed by atoms with E-state index in [9.17, 15) is 4.79 Å². The lowest BCUT2D eigenvalue weighted by Crippen LogP contribution is -2.49. The Morgan fingerprint density at radius 1 is 1.00 bits per heavy atom. The molecule has 0 aliphatic carbocycles. The van der Waals surface area contributed by atoms with Crippen molar-refractivity contribution >= 4 is 5.97 Å². The quantitative estimate of drug-likeness (QED) is 0.385. The third-order valence-corrected chi connectivity index (χ3v) is 3.03. The molecular formula is C13H28N2O2. The molecule has 0 rings (SSSR count). The zero-order valence-electron chi connectivity index (χ0n) is 11.1. The molecule has 0 amide bonds. The molecule has 0 aliphatic rings. The number of hydrogen-bond acceptors (Lipinski definition) is 3. The first kappa shape index (κ1) is 16.4. The van der Waals surface area contributed by atoms with Crippen molar-refractivity contribution in [2.24, 2.45) is 11.5 Å². The highest BCUT2D eigenvalue weighted by Crippen LogP contribution is 2.15. The summed E-state index contributed by atoms with van der Waals surface area (Å²) in [5.41, 5.74) is 11.4. The first-order valence-electron chi connectivity index (χ1n) is 6.77. The molecule has 0 aromatic rings. The van der Waals surface area contributed by atoms with Crippen LogP contribution in [0.2, 0.25) is 0 Å². The molecule has 4 heteroatoms. The summed E-state index contributed by atoms with van der Waals surface area (Å²) in [7, 11) is 0. The van der Waals surface area contributed by atoms with Gasteiger partial charge in [-0.2, -0.15) is 0 Å². The van der Waals surface area contributed by atoms with Gasteiger partial charge in [0.25, 0.3) is 0 Å². The average molecular weight is 244 g/mol. The zero-order chi connectivity index (χ0) is 13.1. The Bertz CT molecular complexity index is 206. The lowest BCUT2D eigenvalue weighted by molar-refractivity contribution is -0.137. The third kappa shape index (κ3) is 11.6. The number of carboxylic acid groups (broad SMARTS) is 1. The second-order valence-electron chi connectivity index (χ2n) is 5.00. The zero-order valence-corrected chi connectivity index (χ0v) is 11.1. The number of unbranched alkanes of at least 4 members (excludes halogenated alkanes) is 5. The van der Waals surface area contributed by atoms with Gasteiger partial charge >= 0.3 is 5.97 Å². The first-order valence-corrected chi connectivity index (χ1v) is 6.77. The number of nitrogens with two attached hydrogens (primary N) is 2. The van der Waals surface area contributed by atoms with E-state index in [0.717, 1.165) is 38.5 Å². The van der Waals surface area contributed by atoms with Gasteiger partial charge < -0.3 is 16.6 Å². The summed E-state index contributed by atoms with van der Waals surface area (Å²) >= 11 is 0. The molecule has 0 aromatic heterocycles. The number of carboxylic acids is 1. The highest BCUT2D eigenvalue weighted by atomic mass is 16.4. The molecule has 0 heterocycles. The molecule has 0 fully saturated rings. The van der Waals surface area contributed by atoms with Crippen LogP contribution in [0.3, 0.4) is 0 Å².